The van der Waals surface area contributed by atoms with E-state index in [9.17, 15) is 5.11 Å². The molecule has 1 saturated heterocycles. The zero-order chi connectivity index (χ0) is 17.5. The maximum absolute atomic E-state index is 10.5. The van der Waals surface area contributed by atoms with Gasteiger partial charge in [0.05, 0.1) is 12.7 Å². The summed E-state index contributed by atoms with van der Waals surface area (Å²) >= 11 is 3.56. The number of aliphatic hydroxyl groups is 1. The summed E-state index contributed by atoms with van der Waals surface area (Å²) in [6, 6.07) is 16.2. The number of aryl methyl sites for hydroxylation is 1. The van der Waals surface area contributed by atoms with Crippen LogP contribution in [0.5, 0.6) is 0 Å². The van der Waals surface area contributed by atoms with Crippen LogP contribution in [0.25, 0.3) is 0 Å². The molecular weight excluding hydrogens is 380 g/mol. The van der Waals surface area contributed by atoms with Crippen molar-refractivity contribution in [1.82, 2.24) is 0 Å². The van der Waals surface area contributed by atoms with Crippen molar-refractivity contribution in [1.29, 1.82) is 0 Å². The Balaban J connectivity index is 1.53. The lowest BCUT2D eigenvalue weighted by atomic mass is 10.00. The molecule has 1 N–H and O–H groups in total. The first-order valence-electron chi connectivity index (χ1n) is 8.96. The van der Waals surface area contributed by atoms with Gasteiger partial charge in [0.15, 0.2) is 6.29 Å². The summed E-state index contributed by atoms with van der Waals surface area (Å²) in [6.07, 6.45) is 4.22. The quantitative estimate of drug-likeness (QED) is 0.692. The fourth-order valence-electron chi connectivity index (χ4n) is 3.08. The molecule has 0 bridgehead atoms. The Morgan fingerprint density at radius 2 is 2.04 bits per heavy atom. The van der Waals surface area contributed by atoms with Crippen LogP contribution in [0.1, 0.15) is 48.5 Å². The Bertz CT molecular complexity index is 668. The fourth-order valence-corrected chi connectivity index (χ4v) is 3.57. The van der Waals surface area contributed by atoms with E-state index in [0.717, 1.165) is 41.5 Å². The monoisotopic (exact) mass is 404 g/mol. The number of hydrogen-bond donors (Lipinski definition) is 1. The van der Waals surface area contributed by atoms with E-state index >= 15 is 0 Å². The van der Waals surface area contributed by atoms with E-state index in [4.69, 9.17) is 9.47 Å². The van der Waals surface area contributed by atoms with Crippen molar-refractivity contribution in [3.63, 3.8) is 0 Å². The van der Waals surface area contributed by atoms with E-state index in [0.29, 0.717) is 13.0 Å². The molecule has 1 aliphatic heterocycles. The lowest BCUT2D eigenvalue weighted by molar-refractivity contribution is -0.168. The van der Waals surface area contributed by atoms with E-state index in [1.807, 2.05) is 42.5 Å². The highest BCUT2D eigenvalue weighted by molar-refractivity contribution is 9.10. The van der Waals surface area contributed by atoms with Crippen molar-refractivity contribution in [3.05, 3.63) is 69.7 Å². The second-order valence-electron chi connectivity index (χ2n) is 6.50. The van der Waals surface area contributed by atoms with Crippen molar-refractivity contribution in [2.75, 3.05) is 6.61 Å². The Hall–Kier alpha value is -1.20. The Labute approximate surface area is 158 Å². The van der Waals surface area contributed by atoms with Gasteiger partial charge in [-0.3, -0.25) is 0 Å². The predicted octanol–water partition coefficient (Wildman–Crippen LogP) is 5.16. The lowest BCUT2D eigenvalue weighted by Gasteiger charge is -2.23. The molecule has 0 spiro atoms. The van der Waals surface area contributed by atoms with Crippen LogP contribution >= 0.6 is 15.9 Å². The van der Waals surface area contributed by atoms with Crippen molar-refractivity contribution < 1.29 is 14.6 Å². The van der Waals surface area contributed by atoms with E-state index in [-0.39, 0.29) is 6.29 Å². The molecule has 0 aromatic heterocycles. The van der Waals surface area contributed by atoms with Crippen molar-refractivity contribution in [3.8, 4) is 0 Å². The second-order valence-corrected chi connectivity index (χ2v) is 7.35. The second kappa shape index (κ2) is 9.48. The molecule has 3 nitrogen and oxygen atoms in total. The lowest BCUT2D eigenvalue weighted by Crippen LogP contribution is -2.22. The van der Waals surface area contributed by atoms with E-state index < -0.39 is 6.10 Å². The molecule has 1 unspecified atom stereocenters. The maximum atomic E-state index is 10.5. The van der Waals surface area contributed by atoms with Gasteiger partial charge in [-0.25, -0.2) is 0 Å². The molecule has 25 heavy (non-hydrogen) atoms. The highest BCUT2D eigenvalue weighted by Crippen LogP contribution is 2.24. The summed E-state index contributed by atoms with van der Waals surface area (Å²) in [6.45, 7) is 1.31. The smallest absolute Gasteiger partial charge is 0.158 e. The fraction of sp³-hybridized carbons (Fsp3) is 0.429. The molecule has 134 valence electrons. The predicted molar refractivity (Wildman–Crippen MR) is 102 cm³/mol. The third kappa shape index (κ3) is 5.65. The molecule has 2 aromatic rings. The van der Waals surface area contributed by atoms with Gasteiger partial charge in [0, 0.05) is 11.1 Å². The molecule has 2 aromatic carbocycles. The molecule has 1 heterocycles. The summed E-state index contributed by atoms with van der Waals surface area (Å²) < 4.78 is 12.5. The van der Waals surface area contributed by atoms with Gasteiger partial charge in [-0.15, -0.1) is 0 Å². The van der Waals surface area contributed by atoms with Crippen LogP contribution in [0.15, 0.2) is 53.0 Å². The van der Waals surface area contributed by atoms with Gasteiger partial charge in [-0.2, -0.15) is 0 Å². The van der Waals surface area contributed by atoms with Gasteiger partial charge < -0.3 is 14.6 Å². The van der Waals surface area contributed by atoms with Crippen LogP contribution < -0.4 is 0 Å². The minimum Gasteiger partial charge on any atom is -0.388 e. The number of ether oxygens (including phenoxy) is 2. The van der Waals surface area contributed by atoms with Crippen molar-refractivity contribution in [2.45, 2.75) is 51.1 Å². The highest BCUT2D eigenvalue weighted by Gasteiger charge is 2.15. The van der Waals surface area contributed by atoms with Crippen LogP contribution in [0.3, 0.4) is 0 Å². The maximum Gasteiger partial charge on any atom is 0.158 e. The number of benzene rings is 2. The standard InChI is InChI=1S/C21H25BrO3/c22-19-9-2-1-7-17(19)11-12-20(23)18-8-5-6-16(14-18)15-25-21-10-3-4-13-24-21/h1-2,5-9,14,20-21,23H,3-4,10-13,15H2/t20-,21?/m0/s1. The summed E-state index contributed by atoms with van der Waals surface area (Å²) in [5.74, 6) is 0. The number of hydrogen-bond acceptors (Lipinski definition) is 3. The van der Waals surface area contributed by atoms with E-state index in [1.54, 1.807) is 0 Å². The molecule has 2 atom stereocenters. The van der Waals surface area contributed by atoms with Crippen molar-refractivity contribution in [2.24, 2.45) is 0 Å². The molecule has 0 radical (unpaired) electrons. The van der Waals surface area contributed by atoms with Crippen LogP contribution in [0.2, 0.25) is 0 Å². The van der Waals surface area contributed by atoms with Crippen molar-refractivity contribution >= 4 is 15.9 Å². The average Bonchev–Trinajstić information content (AvgIpc) is 2.66. The van der Waals surface area contributed by atoms with Crippen LogP contribution in [-0.4, -0.2) is 18.0 Å². The van der Waals surface area contributed by atoms with E-state index in [1.165, 1.54) is 12.0 Å². The third-order valence-electron chi connectivity index (χ3n) is 4.55. The Kier molecular flexibility index (Phi) is 7.05. The van der Waals surface area contributed by atoms with Crippen LogP contribution in [0.4, 0.5) is 0 Å². The van der Waals surface area contributed by atoms with Gasteiger partial charge in [0.1, 0.15) is 0 Å². The summed E-state index contributed by atoms with van der Waals surface area (Å²) in [5.41, 5.74) is 3.24. The molecule has 1 fully saturated rings. The first kappa shape index (κ1) is 18.6. The minimum absolute atomic E-state index is 0.0854. The molecule has 3 rings (SSSR count). The minimum atomic E-state index is -0.474. The molecule has 0 amide bonds. The normalized spacial score (nSPS) is 18.9. The Morgan fingerprint density at radius 3 is 2.84 bits per heavy atom. The zero-order valence-corrected chi connectivity index (χ0v) is 16.0. The molecule has 1 aliphatic rings. The summed E-state index contributed by atoms with van der Waals surface area (Å²) in [7, 11) is 0. The van der Waals surface area contributed by atoms with Gasteiger partial charge in [0.2, 0.25) is 0 Å². The summed E-state index contributed by atoms with van der Waals surface area (Å²) in [5, 5.41) is 10.5. The number of halogens is 1. The van der Waals surface area contributed by atoms with Gasteiger partial charge >= 0.3 is 0 Å². The first-order chi connectivity index (χ1) is 12.2. The van der Waals surface area contributed by atoms with Gasteiger partial charge in [0.25, 0.3) is 0 Å². The summed E-state index contributed by atoms with van der Waals surface area (Å²) in [4.78, 5) is 0. The number of aliphatic hydroxyl groups excluding tert-OH is 1. The first-order valence-corrected chi connectivity index (χ1v) is 9.75. The largest absolute Gasteiger partial charge is 0.388 e. The van der Waals surface area contributed by atoms with Gasteiger partial charge in [-0.1, -0.05) is 58.4 Å². The SMILES string of the molecule is O[C@@H](CCc1ccccc1Br)c1cccc(COC2CCCCO2)c1. The van der Waals surface area contributed by atoms with Gasteiger partial charge in [-0.05, 0) is 54.9 Å². The topological polar surface area (TPSA) is 38.7 Å². The Morgan fingerprint density at radius 1 is 1.16 bits per heavy atom. The highest BCUT2D eigenvalue weighted by atomic mass is 79.9. The number of rotatable bonds is 7. The van der Waals surface area contributed by atoms with Crippen LogP contribution in [0, 0.1) is 0 Å². The third-order valence-corrected chi connectivity index (χ3v) is 5.33. The molecule has 4 heteroatoms. The van der Waals surface area contributed by atoms with E-state index in [2.05, 4.69) is 22.0 Å². The molecule has 0 aliphatic carbocycles. The average molecular weight is 405 g/mol. The zero-order valence-electron chi connectivity index (χ0n) is 14.4. The molecular formula is C21H25BrO3. The molecule has 0 saturated carbocycles. The van der Waals surface area contributed by atoms with Crippen LogP contribution in [-0.2, 0) is 22.5 Å².